The lowest BCUT2D eigenvalue weighted by Gasteiger charge is -2.08. The van der Waals surface area contributed by atoms with E-state index in [2.05, 4.69) is 16.7 Å². The van der Waals surface area contributed by atoms with E-state index >= 15 is 0 Å². The van der Waals surface area contributed by atoms with Crippen LogP contribution in [0.2, 0.25) is 0 Å². The number of nitrogens with one attached hydrogen (secondary N) is 2. The van der Waals surface area contributed by atoms with E-state index in [-0.39, 0.29) is 0 Å². The Morgan fingerprint density at radius 3 is 1.25 bits per heavy atom. The van der Waals surface area contributed by atoms with Crippen LogP contribution in [-0.4, -0.2) is 5.21 Å². The second-order valence-corrected chi connectivity index (χ2v) is 2.98. The molecule has 4 nitrogen and oxygen atoms in total. The van der Waals surface area contributed by atoms with Gasteiger partial charge in [-0.25, -0.2) is 5.90 Å². The van der Waals surface area contributed by atoms with Gasteiger partial charge in [0.25, 0.3) is 0 Å². The van der Waals surface area contributed by atoms with Crippen LogP contribution in [0.4, 0.5) is 11.4 Å². The second-order valence-electron chi connectivity index (χ2n) is 2.98. The Hall–Kier alpha value is -2.04. The summed E-state index contributed by atoms with van der Waals surface area (Å²) in [5, 5.41) is 6.50. The van der Waals surface area contributed by atoms with Crippen molar-refractivity contribution >= 4 is 11.4 Å². The van der Waals surface area contributed by atoms with Gasteiger partial charge in [0, 0.05) is 0 Å². The Morgan fingerprint density at radius 1 is 0.625 bits per heavy atom. The van der Waals surface area contributed by atoms with Gasteiger partial charge in [-0.15, -0.1) is 0 Å². The summed E-state index contributed by atoms with van der Waals surface area (Å²) in [4.78, 5) is 0. The molecule has 0 spiro atoms. The molecule has 2 aromatic carbocycles. The van der Waals surface area contributed by atoms with Crippen LogP contribution in [0.5, 0.6) is 0 Å². The summed E-state index contributed by atoms with van der Waals surface area (Å²) in [5.74, 6) is 3.50. The van der Waals surface area contributed by atoms with Crippen LogP contribution >= 0.6 is 0 Å². The largest absolute Gasteiger partial charge is 0.320 e. The summed E-state index contributed by atoms with van der Waals surface area (Å²) in [5.41, 5.74) is 8.33. The molecule has 0 aliphatic rings. The minimum absolute atomic E-state index is 1.05. The molecule has 0 heterocycles. The molecule has 0 saturated heterocycles. The Morgan fingerprint density at radius 2 is 0.938 bits per heavy atom. The van der Waals surface area contributed by atoms with E-state index in [4.69, 9.17) is 5.21 Å². The molecule has 0 aliphatic heterocycles. The predicted molar refractivity (Wildman–Crippen MR) is 66.1 cm³/mol. The molecule has 0 fully saturated rings. The zero-order valence-corrected chi connectivity index (χ0v) is 8.80. The molecule has 0 atom stereocenters. The molecule has 0 unspecified atom stereocenters. The van der Waals surface area contributed by atoms with Crippen molar-refractivity contribution in [2.75, 3.05) is 10.9 Å². The third-order valence-electron chi connectivity index (χ3n) is 1.90. The summed E-state index contributed by atoms with van der Waals surface area (Å²) in [6.07, 6.45) is 0. The van der Waals surface area contributed by atoms with Crippen LogP contribution in [0.3, 0.4) is 0 Å². The van der Waals surface area contributed by atoms with Gasteiger partial charge >= 0.3 is 0 Å². The summed E-state index contributed by atoms with van der Waals surface area (Å²) >= 11 is 0. The van der Waals surface area contributed by atoms with Crippen LogP contribution in [0.1, 0.15) is 0 Å². The van der Waals surface area contributed by atoms with Crippen molar-refractivity contribution in [3.05, 3.63) is 60.7 Å². The minimum atomic E-state index is 1.05. The number of benzene rings is 2. The molecule has 4 heteroatoms. The van der Waals surface area contributed by atoms with E-state index < -0.39 is 0 Å². The van der Waals surface area contributed by atoms with Gasteiger partial charge < -0.3 is 16.1 Å². The van der Waals surface area contributed by atoms with Gasteiger partial charge in [0.05, 0.1) is 11.4 Å². The summed E-state index contributed by atoms with van der Waals surface area (Å²) in [7, 11) is 0. The fourth-order valence-electron chi connectivity index (χ4n) is 1.19. The average Bonchev–Trinajstić information content (AvgIpc) is 2.41. The number of hydrogen-bond acceptors (Lipinski definition) is 4. The van der Waals surface area contributed by atoms with Crippen molar-refractivity contribution in [3.63, 3.8) is 0 Å². The molecule has 5 N–H and O–H groups in total. The highest BCUT2D eigenvalue weighted by molar-refractivity contribution is 5.51. The minimum Gasteiger partial charge on any atom is -0.320 e. The van der Waals surface area contributed by atoms with Crippen LogP contribution in [0, 0.1) is 0 Å². The van der Waals surface area contributed by atoms with Gasteiger partial charge in [0.2, 0.25) is 0 Å². The van der Waals surface area contributed by atoms with Gasteiger partial charge in [-0.2, -0.15) is 0 Å². The zero-order valence-electron chi connectivity index (χ0n) is 8.80. The van der Waals surface area contributed by atoms with E-state index in [1.54, 1.807) is 0 Å². The number of anilines is 2. The zero-order chi connectivity index (χ0) is 11.6. The molecule has 2 rings (SSSR count). The average molecular weight is 217 g/mol. The van der Waals surface area contributed by atoms with Crippen LogP contribution in [0.25, 0.3) is 0 Å². The van der Waals surface area contributed by atoms with Crippen LogP contribution in [0.15, 0.2) is 60.7 Å². The molecule has 2 aromatic rings. The van der Waals surface area contributed by atoms with E-state index in [0.29, 0.717) is 0 Å². The van der Waals surface area contributed by atoms with Crippen LogP contribution < -0.4 is 16.7 Å². The smallest absolute Gasteiger partial charge is 0.0539 e. The van der Waals surface area contributed by atoms with Gasteiger partial charge in [-0.3, -0.25) is 0 Å². The van der Waals surface area contributed by atoms with Crippen molar-refractivity contribution in [1.82, 2.24) is 0 Å². The number of hydrogen-bond donors (Lipinski definition) is 4. The van der Waals surface area contributed by atoms with E-state index in [1.807, 2.05) is 60.7 Å². The van der Waals surface area contributed by atoms with Crippen molar-refractivity contribution < 1.29 is 5.21 Å². The first kappa shape index (κ1) is 12.0. The van der Waals surface area contributed by atoms with Crippen molar-refractivity contribution in [1.29, 1.82) is 0 Å². The molecule has 84 valence electrons. The van der Waals surface area contributed by atoms with Gasteiger partial charge in [-0.1, -0.05) is 36.4 Å². The Balaban J connectivity index is 0.000000606. The molecular weight excluding hydrogens is 202 g/mol. The van der Waals surface area contributed by atoms with Crippen molar-refractivity contribution in [2.45, 2.75) is 0 Å². The van der Waals surface area contributed by atoms with E-state index in [0.717, 1.165) is 11.4 Å². The first-order valence-corrected chi connectivity index (χ1v) is 4.83. The third kappa shape index (κ3) is 4.00. The molecular formula is C12H15N3O. The summed E-state index contributed by atoms with van der Waals surface area (Å²) < 4.78 is 0. The van der Waals surface area contributed by atoms with E-state index in [1.165, 1.54) is 0 Å². The Labute approximate surface area is 94.7 Å². The highest BCUT2D eigenvalue weighted by Crippen LogP contribution is 2.08. The lowest BCUT2D eigenvalue weighted by Crippen LogP contribution is -2.07. The maximum Gasteiger partial charge on any atom is 0.0539 e. The first-order chi connectivity index (χ1) is 7.95. The first-order valence-electron chi connectivity index (χ1n) is 4.83. The molecule has 0 bridgehead atoms. The number of para-hydroxylation sites is 2. The normalized spacial score (nSPS) is 8.62. The Kier molecular flexibility index (Phi) is 5.47. The van der Waals surface area contributed by atoms with Crippen LogP contribution in [-0.2, 0) is 0 Å². The van der Waals surface area contributed by atoms with Crippen molar-refractivity contribution in [3.8, 4) is 0 Å². The summed E-state index contributed by atoms with van der Waals surface area (Å²) in [6, 6.07) is 20.0. The fourth-order valence-corrected chi connectivity index (χ4v) is 1.19. The van der Waals surface area contributed by atoms with Gasteiger partial charge in [0.15, 0.2) is 0 Å². The third-order valence-corrected chi connectivity index (χ3v) is 1.90. The highest BCUT2D eigenvalue weighted by Gasteiger charge is 1.88. The Bertz CT molecular complexity index is 338. The lowest BCUT2D eigenvalue weighted by molar-refractivity contribution is 0.311. The number of rotatable bonds is 3. The highest BCUT2D eigenvalue weighted by atomic mass is 16.4. The predicted octanol–water partition coefficient (Wildman–Crippen LogP) is 2.46. The molecule has 0 aromatic heterocycles. The monoisotopic (exact) mass is 217 g/mol. The standard InChI is InChI=1S/C12H12N2.H3NO/c1-3-7-11(8-4-1)13-14-12-9-5-2-6-10-12;1-2/h1-10,13-14H;2H,1H2. The fraction of sp³-hybridized carbons (Fsp3) is 0. The van der Waals surface area contributed by atoms with Gasteiger partial charge in [-0.05, 0) is 24.3 Å². The lowest BCUT2D eigenvalue weighted by atomic mass is 10.3. The maximum absolute atomic E-state index is 6.50. The molecule has 16 heavy (non-hydrogen) atoms. The molecule has 0 saturated carbocycles. The summed E-state index contributed by atoms with van der Waals surface area (Å²) in [6.45, 7) is 0. The molecule has 0 amide bonds. The number of nitrogens with two attached hydrogens (primary N) is 1. The SMILES string of the molecule is NO.c1ccc(NNc2ccccc2)cc1. The van der Waals surface area contributed by atoms with Crippen molar-refractivity contribution in [2.24, 2.45) is 5.90 Å². The van der Waals surface area contributed by atoms with E-state index in [9.17, 15) is 0 Å². The molecule has 0 aliphatic carbocycles. The quantitative estimate of drug-likeness (QED) is 0.596. The topological polar surface area (TPSA) is 70.3 Å². The molecule has 0 radical (unpaired) electrons. The number of hydrazine groups is 1. The maximum atomic E-state index is 6.50. The van der Waals surface area contributed by atoms with Gasteiger partial charge in [0.1, 0.15) is 0 Å². The second kappa shape index (κ2) is 7.28.